The zero-order chi connectivity index (χ0) is 16.9. The Kier molecular flexibility index (Phi) is 5.32. The van der Waals surface area contributed by atoms with Crippen LogP contribution in [-0.2, 0) is 11.3 Å². The van der Waals surface area contributed by atoms with Gasteiger partial charge < -0.3 is 20.3 Å². The smallest absolute Gasteiger partial charge is 0.319 e. The van der Waals surface area contributed by atoms with Crippen LogP contribution in [0.15, 0.2) is 29.6 Å². The van der Waals surface area contributed by atoms with Gasteiger partial charge >= 0.3 is 6.03 Å². The maximum atomic E-state index is 14.3. The first-order valence-corrected chi connectivity index (χ1v) is 8.71. The molecule has 2 aromatic rings. The lowest BCUT2D eigenvalue weighted by Gasteiger charge is -2.29. The third-order valence-electron chi connectivity index (χ3n) is 3.93. The summed E-state index contributed by atoms with van der Waals surface area (Å²) in [6.45, 7) is 5.01. The number of hydrogen-bond donors (Lipinski definition) is 2. The molecule has 2 heterocycles. The fraction of sp³-hybridized carbons (Fsp3) is 0.353. The number of amides is 2. The molecule has 1 aromatic heterocycles. The van der Waals surface area contributed by atoms with Crippen LogP contribution in [0.25, 0.3) is 0 Å². The van der Waals surface area contributed by atoms with Crippen LogP contribution in [0.5, 0.6) is 0 Å². The summed E-state index contributed by atoms with van der Waals surface area (Å²) < 4.78 is 19.6. The predicted octanol–water partition coefficient (Wildman–Crippen LogP) is 3.35. The molecule has 3 rings (SSSR count). The molecule has 2 amide bonds. The predicted molar refractivity (Wildman–Crippen MR) is 94.3 cm³/mol. The molecule has 0 saturated carbocycles. The highest BCUT2D eigenvalue weighted by Gasteiger charge is 2.15. The van der Waals surface area contributed by atoms with Crippen LogP contribution >= 0.6 is 11.3 Å². The molecule has 1 aromatic carbocycles. The number of urea groups is 1. The van der Waals surface area contributed by atoms with Crippen molar-refractivity contribution in [2.24, 2.45) is 0 Å². The third kappa shape index (κ3) is 4.04. The van der Waals surface area contributed by atoms with Crippen molar-refractivity contribution in [3.05, 3.63) is 45.9 Å². The van der Waals surface area contributed by atoms with Crippen molar-refractivity contribution in [3.63, 3.8) is 0 Å². The molecule has 1 saturated heterocycles. The standard InChI is InChI=1S/C17H20FN3O2S/c1-12-4-9-24-16(12)11-19-17(22)20-13-2-3-15(14(18)10-13)21-5-7-23-8-6-21/h2-4,9-10H,5-8,11H2,1H3,(H2,19,20,22). The van der Waals surface area contributed by atoms with Crippen LogP contribution < -0.4 is 15.5 Å². The van der Waals surface area contributed by atoms with E-state index in [-0.39, 0.29) is 11.8 Å². The van der Waals surface area contributed by atoms with Crippen molar-refractivity contribution in [1.29, 1.82) is 0 Å². The van der Waals surface area contributed by atoms with Gasteiger partial charge in [0.2, 0.25) is 0 Å². The summed E-state index contributed by atoms with van der Waals surface area (Å²) >= 11 is 1.60. The second-order valence-electron chi connectivity index (χ2n) is 5.60. The second kappa shape index (κ2) is 7.63. The Hall–Kier alpha value is -2.12. The summed E-state index contributed by atoms with van der Waals surface area (Å²) in [4.78, 5) is 15.0. The van der Waals surface area contributed by atoms with Gasteiger partial charge in [0.25, 0.3) is 0 Å². The number of thiophene rings is 1. The summed E-state index contributed by atoms with van der Waals surface area (Å²) in [6, 6.07) is 6.42. The number of nitrogens with one attached hydrogen (secondary N) is 2. The first kappa shape index (κ1) is 16.7. The Morgan fingerprint density at radius 3 is 2.79 bits per heavy atom. The molecule has 0 aliphatic carbocycles. The van der Waals surface area contributed by atoms with Crippen LogP contribution in [0.4, 0.5) is 20.6 Å². The Bertz CT molecular complexity index is 714. The molecule has 0 unspecified atom stereocenters. The van der Waals surface area contributed by atoms with Crippen molar-refractivity contribution in [1.82, 2.24) is 5.32 Å². The van der Waals surface area contributed by atoms with E-state index in [1.807, 2.05) is 23.3 Å². The first-order valence-electron chi connectivity index (χ1n) is 7.83. The van der Waals surface area contributed by atoms with Gasteiger partial charge in [-0.1, -0.05) is 0 Å². The van der Waals surface area contributed by atoms with E-state index in [0.717, 1.165) is 10.4 Å². The summed E-state index contributed by atoms with van der Waals surface area (Å²) in [5.41, 5.74) is 2.13. The first-order chi connectivity index (χ1) is 11.6. The number of rotatable bonds is 4. The number of aryl methyl sites for hydroxylation is 1. The number of carbonyl (C=O) groups is 1. The molecule has 0 spiro atoms. The molecule has 0 atom stereocenters. The fourth-order valence-corrected chi connectivity index (χ4v) is 3.41. The Morgan fingerprint density at radius 1 is 1.33 bits per heavy atom. The molecule has 1 fully saturated rings. The minimum absolute atomic E-state index is 0.344. The summed E-state index contributed by atoms with van der Waals surface area (Å²) in [5.74, 6) is -0.344. The van der Waals surface area contributed by atoms with E-state index in [1.165, 1.54) is 6.07 Å². The highest BCUT2D eigenvalue weighted by atomic mass is 32.1. The van der Waals surface area contributed by atoms with Gasteiger partial charge in [0.15, 0.2) is 0 Å². The molecular weight excluding hydrogens is 329 g/mol. The molecule has 24 heavy (non-hydrogen) atoms. The zero-order valence-corrected chi connectivity index (χ0v) is 14.3. The van der Waals surface area contributed by atoms with Crippen LogP contribution in [0, 0.1) is 12.7 Å². The highest BCUT2D eigenvalue weighted by molar-refractivity contribution is 7.10. The molecule has 1 aliphatic rings. The van der Waals surface area contributed by atoms with Gasteiger partial charge in [-0.05, 0) is 42.1 Å². The average Bonchev–Trinajstić information content (AvgIpc) is 2.99. The van der Waals surface area contributed by atoms with Crippen LogP contribution in [0.2, 0.25) is 0 Å². The molecule has 1 aliphatic heterocycles. The van der Waals surface area contributed by atoms with Gasteiger partial charge in [-0.15, -0.1) is 11.3 Å². The van der Waals surface area contributed by atoms with E-state index < -0.39 is 0 Å². The maximum absolute atomic E-state index is 14.3. The number of halogens is 1. The minimum atomic E-state index is -0.346. The van der Waals surface area contributed by atoms with Gasteiger partial charge in [-0.25, -0.2) is 9.18 Å². The highest BCUT2D eigenvalue weighted by Crippen LogP contribution is 2.23. The van der Waals surface area contributed by atoms with Gasteiger partial charge in [-0.2, -0.15) is 0 Å². The molecule has 2 N–H and O–H groups in total. The van der Waals surface area contributed by atoms with Gasteiger partial charge in [-0.3, -0.25) is 0 Å². The topological polar surface area (TPSA) is 53.6 Å². The largest absolute Gasteiger partial charge is 0.378 e. The summed E-state index contributed by atoms with van der Waals surface area (Å²) in [6.07, 6.45) is 0. The number of carbonyl (C=O) groups excluding carboxylic acids is 1. The Balaban J connectivity index is 1.57. The number of anilines is 2. The molecular formula is C17H20FN3O2S. The monoisotopic (exact) mass is 349 g/mol. The van der Waals surface area contributed by atoms with Crippen molar-refractivity contribution in [2.45, 2.75) is 13.5 Å². The molecule has 7 heteroatoms. The fourth-order valence-electron chi connectivity index (χ4n) is 2.57. The lowest BCUT2D eigenvalue weighted by molar-refractivity contribution is 0.122. The SMILES string of the molecule is Cc1ccsc1CNC(=O)Nc1ccc(N2CCOCC2)c(F)c1. The van der Waals surface area contributed by atoms with Gasteiger partial charge in [0.05, 0.1) is 25.4 Å². The summed E-state index contributed by atoms with van der Waals surface area (Å²) in [5, 5.41) is 7.44. The van der Waals surface area contributed by atoms with Gasteiger partial charge in [0, 0.05) is 23.7 Å². The lowest BCUT2D eigenvalue weighted by atomic mass is 10.2. The van der Waals surface area contributed by atoms with Crippen molar-refractivity contribution in [3.8, 4) is 0 Å². The van der Waals surface area contributed by atoms with Gasteiger partial charge in [0.1, 0.15) is 5.82 Å². The number of morpholine rings is 1. The van der Waals surface area contributed by atoms with Crippen molar-refractivity contribution >= 4 is 28.7 Å². The zero-order valence-electron chi connectivity index (χ0n) is 13.5. The number of ether oxygens (including phenoxy) is 1. The van der Waals surface area contributed by atoms with E-state index in [0.29, 0.717) is 44.2 Å². The quantitative estimate of drug-likeness (QED) is 0.890. The number of nitrogens with zero attached hydrogens (tertiary/aromatic N) is 1. The normalized spacial score (nSPS) is 14.5. The summed E-state index contributed by atoms with van der Waals surface area (Å²) in [7, 11) is 0. The van der Waals surface area contributed by atoms with Crippen molar-refractivity contribution in [2.75, 3.05) is 36.5 Å². The number of benzene rings is 1. The van der Waals surface area contributed by atoms with Crippen LogP contribution in [-0.4, -0.2) is 32.3 Å². The van der Waals surface area contributed by atoms with E-state index >= 15 is 0 Å². The molecule has 0 bridgehead atoms. The lowest BCUT2D eigenvalue weighted by Crippen LogP contribution is -2.36. The van der Waals surface area contributed by atoms with Crippen LogP contribution in [0.1, 0.15) is 10.4 Å². The minimum Gasteiger partial charge on any atom is -0.378 e. The maximum Gasteiger partial charge on any atom is 0.319 e. The van der Waals surface area contributed by atoms with E-state index in [9.17, 15) is 9.18 Å². The average molecular weight is 349 g/mol. The Morgan fingerprint density at radius 2 is 2.12 bits per heavy atom. The second-order valence-corrected chi connectivity index (χ2v) is 6.60. The van der Waals surface area contributed by atoms with E-state index in [2.05, 4.69) is 10.6 Å². The third-order valence-corrected chi connectivity index (χ3v) is 4.96. The molecule has 128 valence electrons. The van der Waals surface area contributed by atoms with E-state index in [1.54, 1.807) is 23.5 Å². The van der Waals surface area contributed by atoms with E-state index in [4.69, 9.17) is 4.74 Å². The van der Waals surface area contributed by atoms with Crippen molar-refractivity contribution < 1.29 is 13.9 Å². The molecule has 5 nitrogen and oxygen atoms in total. The van der Waals surface area contributed by atoms with Crippen LogP contribution in [0.3, 0.4) is 0 Å². The Labute approximate surface area is 144 Å². The molecule has 0 radical (unpaired) electrons. The number of hydrogen-bond acceptors (Lipinski definition) is 4.